The van der Waals surface area contributed by atoms with Crippen LogP contribution in [0.4, 0.5) is 0 Å². The van der Waals surface area contributed by atoms with Gasteiger partial charge >= 0.3 is 51.4 Å². The number of hydrogen-bond acceptors (Lipinski definition) is 3. The van der Waals surface area contributed by atoms with Crippen molar-refractivity contribution in [1.29, 1.82) is 0 Å². The van der Waals surface area contributed by atoms with Gasteiger partial charge in [0.1, 0.15) is 0 Å². The van der Waals surface area contributed by atoms with Crippen LogP contribution in [0.15, 0.2) is 0 Å². The molecule has 0 aromatic heterocycles. The first-order valence-electron chi connectivity index (χ1n) is 0.973. The maximum atomic E-state index is 9.83. The van der Waals surface area contributed by atoms with Gasteiger partial charge in [0, 0.05) is 0 Å². The molecule has 0 rings (SSSR count). The summed E-state index contributed by atoms with van der Waals surface area (Å²) in [7, 11) is 1.63. The van der Waals surface area contributed by atoms with E-state index in [4.69, 9.17) is 0 Å². The molecule has 0 fully saturated rings. The molecule has 6 heavy (non-hydrogen) atoms. The molecule has 0 aromatic rings. The summed E-state index contributed by atoms with van der Waals surface area (Å²) in [5.74, 6) is 0. The third kappa shape index (κ3) is 5.26. The topological polar surface area (TPSA) is 43.4 Å². The standard InChI is InChI=1S/Mo.3O.H2P.V/h;;;;1H2;/q;;;;-1;+1. The monoisotopic (exact) mass is 230 g/mol. The molecular weight excluding hydrogens is 226 g/mol. The molecule has 0 heterocycles. The van der Waals surface area contributed by atoms with Crippen LogP contribution in [0.25, 0.3) is 0 Å². The first-order chi connectivity index (χ1) is 2.56. The minimum absolute atomic E-state index is 1.08. The van der Waals surface area contributed by atoms with Gasteiger partial charge in [0.05, 0.1) is 0 Å². The van der Waals surface area contributed by atoms with Gasteiger partial charge in [0.25, 0.3) is 0 Å². The first-order valence-corrected chi connectivity index (χ1v) is 6.44. The second kappa shape index (κ2) is 2.54. The van der Waals surface area contributed by atoms with Crippen molar-refractivity contribution in [3.05, 3.63) is 0 Å². The molecule has 0 aliphatic heterocycles. The fourth-order valence-corrected chi connectivity index (χ4v) is 0. The van der Waals surface area contributed by atoms with E-state index in [1.54, 1.807) is 7.71 Å². The quantitative estimate of drug-likeness (QED) is 0.469. The van der Waals surface area contributed by atoms with Crippen molar-refractivity contribution in [2.75, 3.05) is 0 Å². The molecule has 0 aromatic carbocycles. The van der Waals surface area contributed by atoms with Crippen molar-refractivity contribution >= 4 is 7.71 Å². The molecule has 0 radical (unpaired) electrons. The second-order valence-corrected chi connectivity index (χ2v) is 6.65. The van der Waals surface area contributed by atoms with Gasteiger partial charge in [-0.1, -0.05) is 0 Å². The molecule has 0 aliphatic rings. The second-order valence-electron chi connectivity index (χ2n) is 0.614. The van der Waals surface area contributed by atoms with Crippen molar-refractivity contribution < 1.29 is 43.7 Å². The predicted molar refractivity (Wildman–Crippen MR) is 12.2 cm³/mol. The maximum absolute atomic E-state index is 9.83. The van der Waals surface area contributed by atoms with Gasteiger partial charge in [0.2, 0.25) is 0 Å². The van der Waals surface area contributed by atoms with E-state index in [0.717, 1.165) is 20.2 Å². The van der Waals surface area contributed by atoms with Crippen molar-refractivity contribution in [2.45, 2.75) is 0 Å². The van der Waals surface area contributed by atoms with Crippen molar-refractivity contribution in [3.8, 4) is 0 Å². The first kappa shape index (κ1) is 7.26. The summed E-state index contributed by atoms with van der Waals surface area (Å²) in [6.07, 6.45) is 0. The summed E-state index contributed by atoms with van der Waals surface area (Å²) >= 11 is -2.91. The molecule has 0 aliphatic carbocycles. The molecule has 6 heteroatoms. The molecule has 3 nitrogen and oxygen atoms in total. The Hall–Kier alpha value is 1.26. The van der Waals surface area contributed by atoms with Gasteiger partial charge in [-0.2, -0.15) is 0 Å². The van der Waals surface area contributed by atoms with Crippen LogP contribution in [0.3, 0.4) is 0 Å². The molecular formula is H2MoO3PV. The number of rotatable bonds is 1. The molecule has 0 saturated carbocycles. The van der Waals surface area contributed by atoms with Gasteiger partial charge in [0.15, 0.2) is 0 Å². The Kier molecular flexibility index (Phi) is 3.08. The molecule has 0 amide bonds. The molecule has 0 spiro atoms. The zero-order chi connectivity index (χ0) is 5.21. The van der Waals surface area contributed by atoms with Gasteiger partial charge in [-0.15, -0.1) is 0 Å². The van der Waals surface area contributed by atoms with Crippen LogP contribution < -0.4 is 0 Å². The van der Waals surface area contributed by atoms with Gasteiger partial charge in [-0.05, 0) is 0 Å². The Bertz CT molecular complexity index is 113. The molecule has 0 saturated heterocycles. The summed E-state index contributed by atoms with van der Waals surface area (Å²) < 4.78 is 23.6. The normalized spacial score (nSPS) is 11.5. The van der Waals surface area contributed by atoms with Crippen LogP contribution in [0.2, 0.25) is 0 Å². The Labute approximate surface area is 51.4 Å². The van der Waals surface area contributed by atoms with Crippen LogP contribution in [0.1, 0.15) is 0 Å². The van der Waals surface area contributed by atoms with E-state index in [1.807, 2.05) is 0 Å². The molecule has 1 atom stereocenters. The minimum atomic E-state index is -3.99. The van der Waals surface area contributed by atoms with Crippen LogP contribution in [0, 0.1) is 0 Å². The summed E-state index contributed by atoms with van der Waals surface area (Å²) in [6, 6.07) is 0. The van der Waals surface area contributed by atoms with Crippen LogP contribution >= 0.6 is 7.71 Å². The fraction of sp³-hybridized carbons (Fsp3) is 0. The summed E-state index contributed by atoms with van der Waals surface area (Å²) in [4.78, 5) is 0. The average Bonchev–Trinajstić information content (AvgIpc) is 1.35. The van der Waals surface area contributed by atoms with E-state index < -0.39 is 13.8 Å². The van der Waals surface area contributed by atoms with Gasteiger partial charge < -0.3 is 0 Å². The Morgan fingerprint density at radius 3 is 1.83 bits per heavy atom. The van der Waals surface area contributed by atoms with Crippen LogP contribution in [0.5, 0.6) is 0 Å². The molecule has 0 bridgehead atoms. The zero-order valence-electron chi connectivity index (χ0n) is 2.66. The van der Waals surface area contributed by atoms with Gasteiger partial charge in [-0.25, -0.2) is 0 Å². The SMILES string of the molecule is [O]=[V](=[O])([PH2])[O][Mo]. The average molecular weight is 228 g/mol. The van der Waals surface area contributed by atoms with E-state index in [1.165, 1.54) is 0 Å². The number of hydrogen-bond donors (Lipinski definition) is 0. The summed E-state index contributed by atoms with van der Waals surface area (Å²) in [6.45, 7) is 0. The summed E-state index contributed by atoms with van der Waals surface area (Å²) in [5, 5.41) is 0. The Morgan fingerprint density at radius 2 is 1.83 bits per heavy atom. The van der Waals surface area contributed by atoms with Crippen LogP contribution in [-0.2, 0) is 43.7 Å². The van der Waals surface area contributed by atoms with Gasteiger partial charge in [-0.3, -0.25) is 0 Å². The third-order valence-electron chi connectivity index (χ3n) is 0.104. The van der Waals surface area contributed by atoms with E-state index in [9.17, 15) is 7.35 Å². The Balaban J connectivity index is 3.85. The van der Waals surface area contributed by atoms with E-state index >= 15 is 0 Å². The summed E-state index contributed by atoms with van der Waals surface area (Å²) in [5.41, 5.74) is 0. The van der Waals surface area contributed by atoms with E-state index in [2.05, 4.69) is 2.32 Å². The van der Waals surface area contributed by atoms with E-state index in [0.29, 0.717) is 0 Å². The molecule has 36 valence electrons. The Morgan fingerprint density at radius 1 is 1.67 bits per heavy atom. The van der Waals surface area contributed by atoms with Crippen molar-refractivity contribution in [3.63, 3.8) is 0 Å². The third-order valence-corrected chi connectivity index (χ3v) is 4.63. The molecule has 0 N–H and O–H groups in total. The predicted octanol–water partition coefficient (Wildman–Crippen LogP) is 0.0148. The van der Waals surface area contributed by atoms with Crippen LogP contribution in [-0.4, -0.2) is 0 Å². The molecule has 1 unspecified atom stereocenters. The fourth-order valence-electron chi connectivity index (χ4n) is 0. The van der Waals surface area contributed by atoms with E-state index in [-0.39, 0.29) is 0 Å². The zero-order valence-corrected chi connectivity index (χ0v) is 7.22. The van der Waals surface area contributed by atoms with Crippen molar-refractivity contribution in [1.82, 2.24) is 0 Å². The van der Waals surface area contributed by atoms with Crippen molar-refractivity contribution in [2.24, 2.45) is 0 Å².